The van der Waals surface area contributed by atoms with Gasteiger partial charge in [-0.15, -0.1) is 0 Å². The van der Waals surface area contributed by atoms with E-state index in [4.69, 9.17) is 0 Å². The minimum absolute atomic E-state index is 0.0510. The number of unbranched alkanes of at least 4 members (excludes halogenated alkanes) is 1. The lowest BCUT2D eigenvalue weighted by atomic mass is 10.1. The summed E-state index contributed by atoms with van der Waals surface area (Å²) in [5, 5.41) is 3.94. The molecule has 0 aliphatic carbocycles. The van der Waals surface area contributed by atoms with Gasteiger partial charge in [0.2, 0.25) is 5.13 Å². The predicted octanol–water partition coefficient (Wildman–Crippen LogP) is 2.76. The van der Waals surface area contributed by atoms with Crippen molar-refractivity contribution in [1.29, 1.82) is 0 Å². The first kappa shape index (κ1) is 17.7. The number of rotatable bonds is 6. The van der Waals surface area contributed by atoms with Gasteiger partial charge in [-0.1, -0.05) is 43.7 Å². The zero-order valence-corrected chi connectivity index (χ0v) is 15.5. The van der Waals surface area contributed by atoms with Gasteiger partial charge in [0.15, 0.2) is 0 Å². The Labute approximate surface area is 153 Å². The molecule has 2 heterocycles. The third-order valence-corrected chi connectivity index (χ3v) is 5.12. The third kappa shape index (κ3) is 4.92. The monoisotopic (exact) mass is 359 g/mol. The number of nitrogens with one attached hydrogen (secondary N) is 1. The number of piperazine rings is 1. The van der Waals surface area contributed by atoms with Gasteiger partial charge in [-0.25, -0.2) is 9.78 Å². The average molecular weight is 359 g/mol. The standard InChI is InChI=1S/C18H25N5OS/c1-2-3-9-19-17(24)22-10-12-23(13-11-22)18-20-16(21-25-18)14-15-7-5-4-6-8-15/h4-8H,2-3,9-14H2,1H3,(H,19,24). The van der Waals surface area contributed by atoms with E-state index in [0.717, 1.165) is 62.9 Å². The molecule has 0 unspecified atom stereocenters. The fraction of sp³-hybridized carbons (Fsp3) is 0.500. The van der Waals surface area contributed by atoms with Gasteiger partial charge in [-0.2, -0.15) is 4.37 Å². The van der Waals surface area contributed by atoms with Crippen LogP contribution < -0.4 is 10.2 Å². The molecule has 2 aromatic rings. The van der Waals surface area contributed by atoms with Crippen LogP contribution in [0.3, 0.4) is 0 Å². The molecule has 25 heavy (non-hydrogen) atoms. The van der Waals surface area contributed by atoms with Crippen molar-refractivity contribution in [2.24, 2.45) is 0 Å². The van der Waals surface area contributed by atoms with Crippen LogP contribution in [-0.2, 0) is 6.42 Å². The highest BCUT2D eigenvalue weighted by atomic mass is 32.1. The van der Waals surface area contributed by atoms with Crippen LogP contribution >= 0.6 is 11.5 Å². The predicted molar refractivity (Wildman–Crippen MR) is 101 cm³/mol. The van der Waals surface area contributed by atoms with E-state index in [0.29, 0.717) is 0 Å². The van der Waals surface area contributed by atoms with Gasteiger partial charge < -0.3 is 15.1 Å². The number of hydrogen-bond acceptors (Lipinski definition) is 5. The molecule has 1 aromatic carbocycles. The van der Waals surface area contributed by atoms with Crippen molar-refractivity contribution < 1.29 is 4.79 Å². The Morgan fingerprint density at radius 1 is 1.20 bits per heavy atom. The van der Waals surface area contributed by atoms with Crippen molar-refractivity contribution in [3.8, 4) is 0 Å². The van der Waals surface area contributed by atoms with E-state index in [1.165, 1.54) is 17.1 Å². The van der Waals surface area contributed by atoms with Crippen LogP contribution in [0.25, 0.3) is 0 Å². The summed E-state index contributed by atoms with van der Waals surface area (Å²) < 4.78 is 4.49. The molecule has 1 aromatic heterocycles. The number of carbonyl (C=O) groups is 1. The lowest BCUT2D eigenvalue weighted by Crippen LogP contribution is -2.52. The van der Waals surface area contributed by atoms with Gasteiger partial charge in [0, 0.05) is 50.7 Å². The lowest BCUT2D eigenvalue weighted by molar-refractivity contribution is 0.194. The third-order valence-electron chi connectivity index (χ3n) is 4.31. The second kappa shape index (κ2) is 8.80. The SMILES string of the molecule is CCCCNC(=O)N1CCN(c2nc(Cc3ccccc3)ns2)CC1. The molecule has 1 N–H and O–H groups in total. The molecule has 1 fully saturated rings. The van der Waals surface area contributed by atoms with E-state index in [1.54, 1.807) is 0 Å². The molecule has 7 heteroatoms. The van der Waals surface area contributed by atoms with E-state index < -0.39 is 0 Å². The van der Waals surface area contributed by atoms with Gasteiger partial charge in [0.05, 0.1) is 0 Å². The summed E-state index contributed by atoms with van der Waals surface area (Å²) in [4.78, 5) is 20.9. The Kier molecular flexibility index (Phi) is 6.22. The largest absolute Gasteiger partial charge is 0.343 e. The molecule has 6 nitrogen and oxygen atoms in total. The Hall–Kier alpha value is -2.15. The van der Waals surface area contributed by atoms with Crippen LogP contribution in [0, 0.1) is 0 Å². The van der Waals surface area contributed by atoms with Gasteiger partial charge in [0.25, 0.3) is 0 Å². The second-order valence-corrected chi connectivity index (χ2v) is 6.95. The van der Waals surface area contributed by atoms with Crippen molar-refractivity contribution >= 4 is 22.7 Å². The Morgan fingerprint density at radius 3 is 2.68 bits per heavy atom. The van der Waals surface area contributed by atoms with E-state index in [1.807, 2.05) is 23.1 Å². The maximum Gasteiger partial charge on any atom is 0.317 e. The number of amides is 2. The molecule has 134 valence electrons. The molecule has 1 saturated heterocycles. The molecule has 2 amide bonds. The first-order valence-corrected chi connectivity index (χ1v) is 9.68. The number of nitrogens with zero attached hydrogens (tertiary/aromatic N) is 4. The van der Waals surface area contributed by atoms with E-state index in [-0.39, 0.29) is 6.03 Å². The molecular formula is C18H25N5OS. The van der Waals surface area contributed by atoms with Crippen molar-refractivity contribution in [3.63, 3.8) is 0 Å². The highest BCUT2D eigenvalue weighted by Crippen LogP contribution is 2.20. The topological polar surface area (TPSA) is 61.4 Å². The molecule has 1 aliphatic rings. The average Bonchev–Trinajstić information content (AvgIpc) is 3.11. The van der Waals surface area contributed by atoms with E-state index in [9.17, 15) is 4.79 Å². The van der Waals surface area contributed by atoms with Crippen LogP contribution in [0.1, 0.15) is 31.2 Å². The minimum atomic E-state index is 0.0510. The van der Waals surface area contributed by atoms with E-state index in [2.05, 4.69) is 38.6 Å². The van der Waals surface area contributed by atoms with Gasteiger partial charge in [0.1, 0.15) is 5.82 Å². The Bertz CT molecular complexity index is 667. The first-order chi connectivity index (χ1) is 12.3. The number of benzene rings is 1. The summed E-state index contributed by atoms with van der Waals surface area (Å²) in [6, 6.07) is 10.3. The lowest BCUT2D eigenvalue weighted by Gasteiger charge is -2.34. The molecule has 0 radical (unpaired) electrons. The van der Waals surface area contributed by atoms with E-state index >= 15 is 0 Å². The molecular weight excluding hydrogens is 334 g/mol. The fourth-order valence-electron chi connectivity index (χ4n) is 2.81. The summed E-state index contributed by atoms with van der Waals surface area (Å²) in [7, 11) is 0. The number of carbonyl (C=O) groups excluding carboxylic acids is 1. The summed E-state index contributed by atoms with van der Waals surface area (Å²) in [5.74, 6) is 0.867. The van der Waals surface area contributed by atoms with Crippen molar-refractivity contribution in [2.45, 2.75) is 26.2 Å². The summed E-state index contributed by atoms with van der Waals surface area (Å²) >= 11 is 1.45. The zero-order chi connectivity index (χ0) is 17.5. The minimum Gasteiger partial charge on any atom is -0.343 e. The maximum atomic E-state index is 12.1. The van der Waals surface area contributed by atoms with Crippen molar-refractivity contribution in [3.05, 3.63) is 41.7 Å². The van der Waals surface area contributed by atoms with Gasteiger partial charge in [-0.05, 0) is 12.0 Å². The number of anilines is 1. The molecule has 1 aliphatic heterocycles. The van der Waals surface area contributed by atoms with Crippen LogP contribution in [0.15, 0.2) is 30.3 Å². The van der Waals surface area contributed by atoms with Crippen LogP contribution in [0.2, 0.25) is 0 Å². The maximum absolute atomic E-state index is 12.1. The zero-order valence-electron chi connectivity index (χ0n) is 14.6. The second-order valence-electron chi connectivity index (χ2n) is 6.22. The summed E-state index contributed by atoms with van der Waals surface area (Å²) in [5.41, 5.74) is 1.22. The van der Waals surface area contributed by atoms with Crippen LogP contribution in [0.4, 0.5) is 9.93 Å². The van der Waals surface area contributed by atoms with Gasteiger partial charge >= 0.3 is 6.03 Å². The number of hydrogen-bond donors (Lipinski definition) is 1. The van der Waals surface area contributed by atoms with Crippen molar-refractivity contribution in [2.75, 3.05) is 37.6 Å². The highest BCUT2D eigenvalue weighted by molar-refractivity contribution is 7.09. The fourth-order valence-corrected chi connectivity index (χ4v) is 3.54. The summed E-state index contributed by atoms with van der Waals surface area (Å²) in [6.07, 6.45) is 2.88. The molecule has 0 spiro atoms. The van der Waals surface area contributed by atoms with Gasteiger partial charge in [-0.3, -0.25) is 0 Å². The smallest absolute Gasteiger partial charge is 0.317 e. The molecule has 0 bridgehead atoms. The Morgan fingerprint density at radius 2 is 1.96 bits per heavy atom. The normalized spacial score (nSPS) is 14.6. The Balaban J connectivity index is 1.49. The summed E-state index contributed by atoms with van der Waals surface area (Å²) in [6.45, 7) is 5.95. The quantitative estimate of drug-likeness (QED) is 0.806. The molecule has 0 saturated carbocycles. The molecule has 3 rings (SSSR count). The van der Waals surface area contributed by atoms with Crippen LogP contribution in [0.5, 0.6) is 0 Å². The van der Waals surface area contributed by atoms with Crippen molar-refractivity contribution in [1.82, 2.24) is 19.6 Å². The van der Waals surface area contributed by atoms with Crippen LogP contribution in [-0.4, -0.2) is 53.0 Å². The highest BCUT2D eigenvalue weighted by Gasteiger charge is 2.23. The first-order valence-electron chi connectivity index (χ1n) is 8.90. The number of aromatic nitrogens is 2. The molecule has 0 atom stereocenters. The number of urea groups is 1.